The molecule has 2 aliphatic carbocycles. The number of H-pyrrole nitrogens is 2. The Morgan fingerprint density at radius 3 is 1.65 bits per heavy atom. The number of amides is 4. The third-order valence-corrected chi connectivity index (χ3v) is 10.8. The molecule has 2 aliphatic heterocycles. The minimum absolute atomic E-state index is 0.135. The molecule has 2 saturated carbocycles. The number of carbonyl (C=O) groups excluding carboxylic acids is 4. The molecular formula is C37H40N8O6. The van der Waals surface area contributed by atoms with Crippen molar-refractivity contribution in [2.75, 3.05) is 7.11 Å². The van der Waals surface area contributed by atoms with Crippen LogP contribution in [0, 0.1) is 11.8 Å². The average Bonchev–Trinajstić information content (AvgIpc) is 3.73. The molecule has 4 heterocycles. The zero-order valence-electron chi connectivity index (χ0n) is 28.5. The molecule has 14 heteroatoms. The number of fused-ring (bicyclic) bond motifs is 2. The summed E-state index contributed by atoms with van der Waals surface area (Å²) in [5, 5.41) is 2.59. The van der Waals surface area contributed by atoms with Crippen LogP contribution >= 0.6 is 0 Å². The molecule has 8 atom stereocenters. The van der Waals surface area contributed by atoms with Gasteiger partial charge in [0.05, 0.1) is 43.0 Å². The maximum Gasteiger partial charge on any atom is 0.407 e. The highest BCUT2D eigenvalue weighted by molar-refractivity contribution is 5.86. The molecule has 4 fully saturated rings. The van der Waals surface area contributed by atoms with Crippen molar-refractivity contribution in [3.8, 4) is 33.6 Å². The molecule has 4 amide bonds. The Balaban J connectivity index is 0.926. The number of aromatic amines is 2. The summed E-state index contributed by atoms with van der Waals surface area (Å²) in [5.74, 6) is 1.96. The summed E-state index contributed by atoms with van der Waals surface area (Å²) in [6.07, 6.45) is 4.64. The lowest BCUT2D eigenvalue weighted by molar-refractivity contribution is -0.141. The van der Waals surface area contributed by atoms with Crippen molar-refractivity contribution in [1.29, 1.82) is 0 Å². The van der Waals surface area contributed by atoms with E-state index in [2.05, 4.69) is 54.3 Å². The van der Waals surface area contributed by atoms with Crippen molar-refractivity contribution in [2.24, 2.45) is 17.6 Å². The first-order valence-electron chi connectivity index (χ1n) is 17.4. The van der Waals surface area contributed by atoms with Crippen LogP contribution in [0.4, 0.5) is 9.59 Å². The fourth-order valence-electron chi connectivity index (χ4n) is 7.98. The Hall–Kier alpha value is -5.66. The monoisotopic (exact) mass is 692 g/mol. The molecule has 4 aliphatic rings. The number of hydrogen-bond donors (Lipinski definition) is 4. The number of likely N-dealkylation sites (tertiary alicyclic amines) is 2. The number of imidazole rings is 2. The Morgan fingerprint density at radius 1 is 0.745 bits per heavy atom. The summed E-state index contributed by atoms with van der Waals surface area (Å²) in [4.78, 5) is 69.2. The molecule has 0 radical (unpaired) electrons. The average molecular weight is 693 g/mol. The number of nitrogens with one attached hydrogen (secondary N) is 3. The number of rotatable bonds is 9. The van der Waals surface area contributed by atoms with E-state index in [0.717, 1.165) is 65.1 Å². The van der Waals surface area contributed by atoms with Crippen molar-refractivity contribution in [2.45, 2.75) is 75.8 Å². The van der Waals surface area contributed by atoms with Crippen molar-refractivity contribution in [1.82, 2.24) is 35.1 Å². The van der Waals surface area contributed by atoms with Gasteiger partial charge < -0.3 is 40.3 Å². The standard InChI is InChI=1S/C37H40N8O6/c1-18(41-37(49)50-3)34(46)44-28-12-24(28)14-30(44)32-39-16-26(42-32)22-8-4-20(5-9-22)21-6-10-23(11-7-21)27-17-40-33(43-27)31-15-25-13-29(25)45(31)35(47)19(2)51-36(38)48/h4-11,16-19,24-25,28-31H,12-15H2,1-3H3,(H2,38,48)(H,39,42)(H,40,43)(H,41,49)/t18-,19-,24-,25-,28-,29-,30-,31-/m0/s1. The fourth-order valence-corrected chi connectivity index (χ4v) is 7.98. The second kappa shape index (κ2) is 12.6. The summed E-state index contributed by atoms with van der Waals surface area (Å²) in [6, 6.07) is 15.7. The second-order valence-corrected chi connectivity index (χ2v) is 14.1. The lowest BCUT2D eigenvalue weighted by atomic mass is 10.0. The zero-order chi connectivity index (χ0) is 35.6. The molecule has 0 spiro atoms. The molecule has 14 nitrogen and oxygen atoms in total. The Labute approximate surface area is 294 Å². The van der Waals surface area contributed by atoms with Gasteiger partial charge in [-0.2, -0.15) is 0 Å². The van der Waals surface area contributed by atoms with E-state index >= 15 is 0 Å². The van der Waals surface area contributed by atoms with Gasteiger partial charge in [-0.3, -0.25) is 9.59 Å². The maximum absolute atomic E-state index is 13.3. The maximum atomic E-state index is 13.3. The van der Waals surface area contributed by atoms with E-state index in [4.69, 9.17) is 10.5 Å². The Bertz CT molecular complexity index is 1990. The van der Waals surface area contributed by atoms with Crippen LogP contribution in [0.3, 0.4) is 0 Å². The molecule has 51 heavy (non-hydrogen) atoms. The highest BCUT2D eigenvalue weighted by Gasteiger charge is 2.57. The summed E-state index contributed by atoms with van der Waals surface area (Å²) in [5.41, 5.74) is 10.9. The van der Waals surface area contributed by atoms with Crippen LogP contribution < -0.4 is 11.1 Å². The van der Waals surface area contributed by atoms with Gasteiger partial charge in [0.2, 0.25) is 5.91 Å². The van der Waals surface area contributed by atoms with Crippen LogP contribution in [0.5, 0.6) is 0 Å². The van der Waals surface area contributed by atoms with Crippen molar-refractivity contribution in [3.63, 3.8) is 0 Å². The van der Waals surface area contributed by atoms with E-state index in [1.54, 1.807) is 31.1 Å². The number of nitrogens with two attached hydrogens (primary N) is 1. The SMILES string of the molecule is COC(=O)N[C@@H](C)C(=O)N1[C@H](c2ncc(-c3ccc(-c4ccc(-c5cnc([C@@H]6C[C@@H]7C[C@@H]7N6C(=O)[C@H](C)OC(N)=O)[nH]5)cc4)cc3)[nH]2)C[C@@H]2C[C@@H]21. The molecule has 8 rings (SSSR count). The van der Waals surface area contributed by atoms with E-state index in [1.807, 2.05) is 29.2 Å². The zero-order valence-corrected chi connectivity index (χ0v) is 28.5. The molecule has 4 aromatic rings. The summed E-state index contributed by atoms with van der Waals surface area (Å²) in [6.45, 7) is 3.22. The summed E-state index contributed by atoms with van der Waals surface area (Å²) < 4.78 is 9.64. The topological polar surface area (TPSA) is 189 Å². The van der Waals surface area contributed by atoms with Gasteiger partial charge in [-0.25, -0.2) is 19.6 Å². The summed E-state index contributed by atoms with van der Waals surface area (Å²) in [7, 11) is 1.28. The highest BCUT2D eigenvalue weighted by Crippen LogP contribution is 2.54. The Kier molecular flexibility index (Phi) is 8.03. The lowest BCUT2D eigenvalue weighted by Gasteiger charge is -2.29. The van der Waals surface area contributed by atoms with Gasteiger partial charge in [0.15, 0.2) is 6.10 Å². The predicted octanol–water partition coefficient (Wildman–Crippen LogP) is 4.69. The van der Waals surface area contributed by atoms with Crippen LogP contribution in [-0.4, -0.2) is 85.1 Å². The highest BCUT2D eigenvalue weighted by atomic mass is 16.6. The van der Waals surface area contributed by atoms with Crippen molar-refractivity contribution in [3.05, 3.63) is 72.6 Å². The number of carbonyl (C=O) groups is 4. The quantitative estimate of drug-likeness (QED) is 0.194. The first kappa shape index (κ1) is 32.5. The van der Waals surface area contributed by atoms with Crippen molar-refractivity contribution < 1.29 is 28.7 Å². The number of nitrogens with zero attached hydrogens (tertiary/aromatic N) is 4. The number of hydrogen-bond acceptors (Lipinski definition) is 8. The van der Waals surface area contributed by atoms with Crippen LogP contribution in [0.2, 0.25) is 0 Å². The second-order valence-electron chi connectivity index (χ2n) is 14.1. The predicted molar refractivity (Wildman–Crippen MR) is 184 cm³/mol. The van der Waals surface area contributed by atoms with E-state index < -0.39 is 24.3 Å². The first-order valence-corrected chi connectivity index (χ1v) is 17.4. The minimum Gasteiger partial charge on any atom is -0.453 e. The van der Waals surface area contributed by atoms with Crippen LogP contribution in [0.25, 0.3) is 33.6 Å². The normalized spacial score (nSPS) is 25.4. The van der Waals surface area contributed by atoms with E-state index in [9.17, 15) is 19.2 Å². The largest absolute Gasteiger partial charge is 0.453 e. The molecule has 2 aromatic heterocycles. The van der Waals surface area contributed by atoms with E-state index in [1.165, 1.54) is 7.11 Å². The number of aromatic nitrogens is 4. The smallest absolute Gasteiger partial charge is 0.407 e. The number of primary amides is 1. The molecular weight excluding hydrogens is 652 g/mol. The first-order chi connectivity index (χ1) is 24.6. The minimum atomic E-state index is -0.966. The lowest BCUT2D eigenvalue weighted by Crippen LogP contribution is -2.47. The third kappa shape index (κ3) is 6.08. The van der Waals surface area contributed by atoms with Gasteiger partial charge in [-0.1, -0.05) is 48.5 Å². The van der Waals surface area contributed by atoms with Crippen molar-refractivity contribution >= 4 is 24.0 Å². The van der Waals surface area contributed by atoms with Gasteiger partial charge in [0, 0.05) is 12.1 Å². The van der Waals surface area contributed by atoms with Gasteiger partial charge in [0.1, 0.15) is 17.7 Å². The number of benzene rings is 2. The molecule has 0 unspecified atom stereocenters. The molecule has 2 aromatic carbocycles. The van der Waals surface area contributed by atoms with Gasteiger partial charge in [-0.15, -0.1) is 0 Å². The third-order valence-electron chi connectivity index (χ3n) is 10.8. The van der Waals surface area contributed by atoms with Gasteiger partial charge in [-0.05, 0) is 73.6 Å². The van der Waals surface area contributed by atoms with Gasteiger partial charge in [0.25, 0.3) is 5.91 Å². The number of methoxy groups -OCH3 is 1. The number of alkyl carbamates (subject to hydrolysis) is 1. The molecule has 5 N–H and O–H groups in total. The molecule has 264 valence electrons. The number of piperidine rings is 2. The summed E-state index contributed by atoms with van der Waals surface area (Å²) >= 11 is 0. The Morgan fingerprint density at radius 2 is 1.20 bits per heavy atom. The molecule has 2 saturated heterocycles. The van der Waals surface area contributed by atoms with Crippen LogP contribution in [-0.2, 0) is 19.1 Å². The van der Waals surface area contributed by atoms with E-state index in [-0.39, 0.29) is 36.0 Å². The number of ether oxygens (including phenoxy) is 2. The fraction of sp³-hybridized carbons (Fsp3) is 0.405. The molecule has 0 bridgehead atoms. The van der Waals surface area contributed by atoms with Crippen LogP contribution in [0.15, 0.2) is 60.9 Å². The van der Waals surface area contributed by atoms with E-state index in [0.29, 0.717) is 17.7 Å². The van der Waals surface area contributed by atoms with Gasteiger partial charge >= 0.3 is 12.2 Å². The van der Waals surface area contributed by atoms with Crippen LogP contribution in [0.1, 0.15) is 63.3 Å².